The van der Waals surface area contributed by atoms with Crippen molar-refractivity contribution in [3.8, 4) is 17.2 Å². The summed E-state index contributed by atoms with van der Waals surface area (Å²) in [5.74, 6) is 2.80. The summed E-state index contributed by atoms with van der Waals surface area (Å²) in [5.41, 5.74) is 0. The highest BCUT2D eigenvalue weighted by Gasteiger charge is 2.29. The van der Waals surface area contributed by atoms with Crippen LogP contribution in [0.4, 0.5) is 0 Å². The molecule has 3 rings (SSSR count). The Kier molecular flexibility index (Phi) is 3.04. The molecule has 0 aromatic heterocycles. The Morgan fingerprint density at radius 1 is 1.22 bits per heavy atom. The average Bonchev–Trinajstić information content (AvgIpc) is 2.81. The minimum atomic E-state index is -0.369. The highest BCUT2D eigenvalue weighted by atomic mass is 16.7. The molecule has 1 heterocycles. The number of aliphatic hydroxyl groups is 1. The maximum atomic E-state index is 9.96. The van der Waals surface area contributed by atoms with E-state index in [9.17, 15) is 5.11 Å². The first-order valence-corrected chi connectivity index (χ1v) is 6.47. The third kappa shape index (κ3) is 2.25. The van der Waals surface area contributed by atoms with E-state index in [4.69, 9.17) is 14.2 Å². The lowest BCUT2D eigenvalue weighted by atomic mass is 9.86. The average molecular weight is 250 g/mol. The lowest BCUT2D eigenvalue weighted by Crippen LogP contribution is -2.37. The van der Waals surface area contributed by atoms with E-state index in [1.54, 1.807) is 0 Å². The number of aliphatic hydroxyl groups excluding tert-OH is 1. The van der Waals surface area contributed by atoms with Crippen LogP contribution in [-0.2, 0) is 0 Å². The lowest BCUT2D eigenvalue weighted by molar-refractivity contribution is -0.00765. The molecule has 1 aliphatic heterocycles. The highest BCUT2D eigenvalue weighted by molar-refractivity contribution is 5.46. The second kappa shape index (κ2) is 4.69. The fraction of sp³-hybridized carbons (Fsp3) is 0.571. The second-order valence-electron chi connectivity index (χ2n) is 5.16. The molecule has 1 saturated carbocycles. The summed E-state index contributed by atoms with van der Waals surface area (Å²) in [6.45, 7) is 2.46. The van der Waals surface area contributed by atoms with Crippen molar-refractivity contribution in [3.63, 3.8) is 0 Å². The minimum Gasteiger partial charge on any atom is -0.488 e. The van der Waals surface area contributed by atoms with Gasteiger partial charge in [0.1, 0.15) is 11.9 Å². The predicted octanol–water partition coefficient (Wildman–Crippen LogP) is 2.34. The Labute approximate surface area is 106 Å². The third-order valence-electron chi connectivity index (χ3n) is 3.65. The second-order valence-corrected chi connectivity index (χ2v) is 5.16. The molecule has 1 aromatic rings. The summed E-state index contributed by atoms with van der Waals surface area (Å²) in [6, 6.07) is 5.53. The molecular formula is C14H18O4. The summed E-state index contributed by atoms with van der Waals surface area (Å²) in [7, 11) is 0. The number of benzene rings is 1. The molecule has 2 aliphatic rings. The molecule has 0 saturated heterocycles. The molecule has 4 nitrogen and oxygen atoms in total. The van der Waals surface area contributed by atoms with Crippen molar-refractivity contribution in [2.24, 2.45) is 5.92 Å². The van der Waals surface area contributed by atoms with Gasteiger partial charge in [0.25, 0.3) is 0 Å². The first-order chi connectivity index (χ1) is 8.72. The summed E-state index contributed by atoms with van der Waals surface area (Å²) in [4.78, 5) is 0. The van der Waals surface area contributed by atoms with Gasteiger partial charge in [-0.05, 0) is 37.3 Å². The number of rotatable bonds is 2. The van der Waals surface area contributed by atoms with Crippen molar-refractivity contribution in [2.45, 2.75) is 38.4 Å². The summed E-state index contributed by atoms with van der Waals surface area (Å²) in [5, 5.41) is 9.96. The number of ether oxygens (including phenoxy) is 3. The van der Waals surface area contributed by atoms with E-state index in [1.807, 2.05) is 18.2 Å². The molecule has 0 radical (unpaired) electrons. The van der Waals surface area contributed by atoms with Gasteiger partial charge >= 0.3 is 0 Å². The van der Waals surface area contributed by atoms with Crippen LogP contribution in [0.1, 0.15) is 26.2 Å². The Balaban J connectivity index is 1.72. The van der Waals surface area contributed by atoms with Crippen LogP contribution in [0, 0.1) is 5.92 Å². The fourth-order valence-electron chi connectivity index (χ4n) is 2.56. The van der Waals surface area contributed by atoms with Crippen molar-refractivity contribution in [2.75, 3.05) is 6.79 Å². The smallest absolute Gasteiger partial charge is 0.231 e. The zero-order chi connectivity index (χ0) is 12.5. The van der Waals surface area contributed by atoms with Gasteiger partial charge in [-0.3, -0.25) is 0 Å². The molecule has 98 valence electrons. The SMILES string of the molecule is CC1CCC(O)C(Oc2ccc3c(c2)OCO3)C1. The van der Waals surface area contributed by atoms with Gasteiger partial charge in [0.05, 0.1) is 6.10 Å². The minimum absolute atomic E-state index is 0.117. The molecule has 0 spiro atoms. The van der Waals surface area contributed by atoms with E-state index in [0.29, 0.717) is 11.7 Å². The highest BCUT2D eigenvalue weighted by Crippen LogP contribution is 2.36. The van der Waals surface area contributed by atoms with Gasteiger partial charge in [0.2, 0.25) is 6.79 Å². The summed E-state index contributed by atoms with van der Waals surface area (Å²) < 4.78 is 16.4. The van der Waals surface area contributed by atoms with Crippen molar-refractivity contribution in [1.82, 2.24) is 0 Å². The Hall–Kier alpha value is -1.42. The molecule has 18 heavy (non-hydrogen) atoms. The molecule has 0 amide bonds. The summed E-state index contributed by atoms with van der Waals surface area (Å²) in [6.07, 6.45) is 2.30. The number of fused-ring (bicyclic) bond motifs is 1. The Morgan fingerprint density at radius 3 is 2.94 bits per heavy atom. The van der Waals surface area contributed by atoms with Gasteiger partial charge in [0, 0.05) is 6.07 Å². The van der Waals surface area contributed by atoms with Crippen molar-refractivity contribution < 1.29 is 19.3 Å². The van der Waals surface area contributed by atoms with Crippen LogP contribution in [0.2, 0.25) is 0 Å². The Morgan fingerprint density at radius 2 is 2.06 bits per heavy atom. The van der Waals surface area contributed by atoms with Gasteiger partial charge in [-0.25, -0.2) is 0 Å². The van der Waals surface area contributed by atoms with E-state index in [2.05, 4.69) is 6.92 Å². The lowest BCUT2D eigenvalue weighted by Gasteiger charge is -2.31. The van der Waals surface area contributed by atoms with Crippen LogP contribution in [0.25, 0.3) is 0 Å². The molecule has 0 bridgehead atoms. The molecule has 1 fully saturated rings. The van der Waals surface area contributed by atoms with Crippen molar-refractivity contribution in [1.29, 1.82) is 0 Å². The molecule has 1 aromatic carbocycles. The standard InChI is InChI=1S/C14H18O4/c1-9-2-4-11(15)13(6-9)18-10-3-5-12-14(7-10)17-8-16-12/h3,5,7,9,11,13,15H,2,4,6,8H2,1H3. The normalized spacial score (nSPS) is 30.2. The van der Waals surface area contributed by atoms with Crippen LogP contribution in [0.5, 0.6) is 17.2 Å². The van der Waals surface area contributed by atoms with Crippen LogP contribution in [0.15, 0.2) is 18.2 Å². The fourth-order valence-corrected chi connectivity index (χ4v) is 2.56. The van der Waals surface area contributed by atoms with E-state index in [-0.39, 0.29) is 19.0 Å². The van der Waals surface area contributed by atoms with E-state index >= 15 is 0 Å². The van der Waals surface area contributed by atoms with E-state index < -0.39 is 0 Å². The Bertz CT molecular complexity index is 432. The maximum absolute atomic E-state index is 9.96. The number of hydrogen-bond donors (Lipinski definition) is 1. The van der Waals surface area contributed by atoms with Gasteiger partial charge in [-0.15, -0.1) is 0 Å². The van der Waals surface area contributed by atoms with Gasteiger partial charge < -0.3 is 19.3 Å². The van der Waals surface area contributed by atoms with Crippen LogP contribution < -0.4 is 14.2 Å². The van der Waals surface area contributed by atoms with Crippen LogP contribution in [-0.4, -0.2) is 24.1 Å². The zero-order valence-electron chi connectivity index (χ0n) is 10.5. The van der Waals surface area contributed by atoms with Crippen molar-refractivity contribution >= 4 is 0 Å². The quantitative estimate of drug-likeness (QED) is 0.875. The zero-order valence-corrected chi connectivity index (χ0v) is 10.5. The molecule has 3 unspecified atom stereocenters. The first-order valence-electron chi connectivity index (χ1n) is 6.47. The van der Waals surface area contributed by atoms with Crippen LogP contribution in [0.3, 0.4) is 0 Å². The van der Waals surface area contributed by atoms with E-state index in [1.165, 1.54) is 0 Å². The summed E-state index contributed by atoms with van der Waals surface area (Å²) >= 11 is 0. The molecule has 4 heteroatoms. The topological polar surface area (TPSA) is 47.9 Å². The molecular weight excluding hydrogens is 232 g/mol. The van der Waals surface area contributed by atoms with E-state index in [0.717, 1.165) is 30.8 Å². The van der Waals surface area contributed by atoms with Gasteiger partial charge in [0.15, 0.2) is 11.5 Å². The van der Waals surface area contributed by atoms with Gasteiger partial charge in [-0.2, -0.15) is 0 Å². The predicted molar refractivity (Wildman–Crippen MR) is 66.0 cm³/mol. The third-order valence-corrected chi connectivity index (χ3v) is 3.65. The largest absolute Gasteiger partial charge is 0.488 e. The maximum Gasteiger partial charge on any atom is 0.231 e. The monoisotopic (exact) mass is 250 g/mol. The van der Waals surface area contributed by atoms with Crippen molar-refractivity contribution in [3.05, 3.63) is 18.2 Å². The first kappa shape index (κ1) is 11.7. The molecule has 1 N–H and O–H groups in total. The number of hydrogen-bond acceptors (Lipinski definition) is 4. The molecule has 1 aliphatic carbocycles. The van der Waals surface area contributed by atoms with Gasteiger partial charge in [-0.1, -0.05) is 6.92 Å². The molecule has 3 atom stereocenters. The van der Waals surface area contributed by atoms with Crippen LogP contribution >= 0.6 is 0 Å².